The number of aliphatic carboxylic acids is 1. The van der Waals surface area contributed by atoms with E-state index in [1.165, 1.54) is 0 Å². The highest BCUT2D eigenvalue weighted by Crippen LogP contribution is 2.28. The number of amides is 2. The third kappa shape index (κ3) is 4.19. The quantitative estimate of drug-likeness (QED) is 0.789. The van der Waals surface area contributed by atoms with Crippen molar-refractivity contribution < 1.29 is 24.2 Å². The molecule has 1 aromatic rings. The van der Waals surface area contributed by atoms with Crippen molar-refractivity contribution in [2.45, 2.75) is 19.8 Å². The molecule has 2 N–H and O–H groups in total. The topological polar surface area (TPSA) is 95.9 Å². The number of benzene rings is 1. The SMILES string of the molecule is Cc1c(NC(=O)[C@@H]2CC=CC[C@H]2C(=O)O)cccc1C(=O)N1CCOCC1. The van der Waals surface area contributed by atoms with E-state index in [1.807, 2.05) is 6.08 Å². The maximum absolute atomic E-state index is 12.8. The molecule has 27 heavy (non-hydrogen) atoms. The molecule has 1 aromatic carbocycles. The molecule has 0 bridgehead atoms. The van der Waals surface area contributed by atoms with E-state index in [-0.39, 0.29) is 11.8 Å². The molecule has 144 valence electrons. The molecule has 0 unspecified atom stereocenters. The minimum absolute atomic E-state index is 0.0871. The first-order valence-corrected chi connectivity index (χ1v) is 9.14. The largest absolute Gasteiger partial charge is 0.481 e. The minimum Gasteiger partial charge on any atom is -0.481 e. The fraction of sp³-hybridized carbons (Fsp3) is 0.450. The molecule has 0 saturated carbocycles. The Kier molecular flexibility index (Phi) is 5.91. The molecule has 1 aliphatic heterocycles. The number of hydrogen-bond donors (Lipinski definition) is 2. The van der Waals surface area contributed by atoms with E-state index in [1.54, 1.807) is 36.1 Å². The van der Waals surface area contributed by atoms with Crippen molar-refractivity contribution in [3.05, 3.63) is 41.5 Å². The average Bonchev–Trinajstić information content (AvgIpc) is 2.69. The highest BCUT2D eigenvalue weighted by Gasteiger charge is 2.34. The second kappa shape index (κ2) is 8.35. The summed E-state index contributed by atoms with van der Waals surface area (Å²) in [6, 6.07) is 5.20. The van der Waals surface area contributed by atoms with Gasteiger partial charge in [0.05, 0.1) is 25.0 Å². The van der Waals surface area contributed by atoms with Crippen LogP contribution in [0, 0.1) is 18.8 Å². The van der Waals surface area contributed by atoms with Gasteiger partial charge in [-0.3, -0.25) is 14.4 Å². The average molecular weight is 372 g/mol. The predicted molar refractivity (Wildman–Crippen MR) is 99.5 cm³/mol. The molecule has 2 aliphatic rings. The van der Waals surface area contributed by atoms with Crippen molar-refractivity contribution in [2.24, 2.45) is 11.8 Å². The smallest absolute Gasteiger partial charge is 0.307 e. The van der Waals surface area contributed by atoms with E-state index in [2.05, 4.69) is 5.32 Å². The number of carbonyl (C=O) groups excluding carboxylic acids is 2. The third-order valence-electron chi connectivity index (χ3n) is 5.21. The fourth-order valence-electron chi connectivity index (χ4n) is 3.54. The number of allylic oxidation sites excluding steroid dienone is 2. The number of hydrogen-bond acceptors (Lipinski definition) is 4. The first-order chi connectivity index (χ1) is 13.0. The number of morpholine rings is 1. The lowest BCUT2D eigenvalue weighted by molar-refractivity contribution is -0.146. The standard InChI is InChI=1S/C20H24N2O5/c1-13-14(19(24)22-9-11-27-12-10-22)7-4-8-17(13)21-18(23)15-5-2-3-6-16(15)20(25)26/h2-4,7-8,15-16H,5-6,9-12H2,1H3,(H,21,23)(H,25,26)/t15-,16-/m1/s1. The molecule has 2 atom stereocenters. The van der Waals surface area contributed by atoms with E-state index in [9.17, 15) is 19.5 Å². The second-order valence-electron chi connectivity index (χ2n) is 6.87. The number of carboxylic acid groups (broad SMARTS) is 1. The Morgan fingerprint density at radius 3 is 2.44 bits per heavy atom. The minimum atomic E-state index is -0.965. The van der Waals surface area contributed by atoms with Gasteiger partial charge in [-0.05, 0) is 37.5 Å². The van der Waals surface area contributed by atoms with Crippen LogP contribution in [0.5, 0.6) is 0 Å². The van der Waals surface area contributed by atoms with Gasteiger partial charge in [0.25, 0.3) is 5.91 Å². The van der Waals surface area contributed by atoms with Crippen LogP contribution >= 0.6 is 0 Å². The van der Waals surface area contributed by atoms with Crippen molar-refractivity contribution in [3.8, 4) is 0 Å². The molecular formula is C20H24N2O5. The first-order valence-electron chi connectivity index (χ1n) is 9.14. The number of ether oxygens (including phenoxy) is 1. The summed E-state index contributed by atoms with van der Waals surface area (Å²) in [6.45, 7) is 3.92. The Balaban J connectivity index is 1.77. The maximum atomic E-state index is 12.8. The van der Waals surface area contributed by atoms with Crippen molar-refractivity contribution >= 4 is 23.5 Å². The lowest BCUT2D eigenvalue weighted by atomic mass is 9.82. The van der Waals surface area contributed by atoms with Gasteiger partial charge in [0.2, 0.25) is 5.91 Å². The van der Waals surface area contributed by atoms with Gasteiger partial charge in [0.15, 0.2) is 0 Å². The van der Waals surface area contributed by atoms with E-state index >= 15 is 0 Å². The summed E-state index contributed by atoms with van der Waals surface area (Å²) < 4.78 is 5.28. The normalized spacial score (nSPS) is 22.3. The lowest BCUT2D eigenvalue weighted by Crippen LogP contribution is -2.41. The fourth-order valence-corrected chi connectivity index (χ4v) is 3.54. The summed E-state index contributed by atoms with van der Waals surface area (Å²) in [5, 5.41) is 12.2. The summed E-state index contributed by atoms with van der Waals surface area (Å²) in [4.78, 5) is 38.6. The molecule has 0 spiro atoms. The van der Waals surface area contributed by atoms with Gasteiger partial charge in [0, 0.05) is 24.3 Å². The van der Waals surface area contributed by atoms with Crippen LogP contribution in [0.3, 0.4) is 0 Å². The van der Waals surface area contributed by atoms with Gasteiger partial charge in [-0.25, -0.2) is 0 Å². The highest BCUT2D eigenvalue weighted by atomic mass is 16.5. The number of nitrogens with zero attached hydrogens (tertiary/aromatic N) is 1. The van der Waals surface area contributed by atoms with Gasteiger partial charge in [0.1, 0.15) is 0 Å². The zero-order valence-electron chi connectivity index (χ0n) is 15.3. The van der Waals surface area contributed by atoms with Crippen LogP contribution in [0.15, 0.2) is 30.4 Å². The van der Waals surface area contributed by atoms with E-state index < -0.39 is 17.8 Å². The Hall–Kier alpha value is -2.67. The molecule has 1 aliphatic carbocycles. The lowest BCUT2D eigenvalue weighted by Gasteiger charge is -2.28. The number of rotatable bonds is 4. The molecule has 1 fully saturated rings. The molecule has 0 aromatic heterocycles. The Labute approximate surface area is 158 Å². The summed E-state index contributed by atoms with van der Waals surface area (Å²) in [6.07, 6.45) is 4.39. The molecule has 1 heterocycles. The van der Waals surface area contributed by atoms with Crippen molar-refractivity contribution in [2.75, 3.05) is 31.6 Å². The summed E-state index contributed by atoms with van der Waals surface area (Å²) in [7, 11) is 0. The number of carboxylic acids is 1. The number of carbonyl (C=O) groups is 3. The van der Waals surface area contributed by atoms with Crippen molar-refractivity contribution in [3.63, 3.8) is 0 Å². The van der Waals surface area contributed by atoms with Gasteiger partial charge >= 0.3 is 5.97 Å². The molecule has 0 radical (unpaired) electrons. The summed E-state index contributed by atoms with van der Waals surface area (Å²) in [5.74, 6) is -2.73. The van der Waals surface area contributed by atoms with Gasteiger partial charge in [-0.1, -0.05) is 18.2 Å². The van der Waals surface area contributed by atoms with Crippen LogP contribution in [0.25, 0.3) is 0 Å². The molecule has 3 rings (SSSR count). The number of nitrogens with one attached hydrogen (secondary N) is 1. The van der Waals surface area contributed by atoms with Crippen LogP contribution in [0.1, 0.15) is 28.8 Å². The van der Waals surface area contributed by atoms with Crippen molar-refractivity contribution in [1.82, 2.24) is 4.90 Å². The predicted octanol–water partition coefficient (Wildman–Crippen LogP) is 2.07. The molecule has 2 amide bonds. The zero-order valence-corrected chi connectivity index (χ0v) is 15.3. The van der Waals surface area contributed by atoms with Gasteiger partial charge in [-0.2, -0.15) is 0 Å². The third-order valence-corrected chi connectivity index (χ3v) is 5.21. The van der Waals surface area contributed by atoms with Crippen molar-refractivity contribution in [1.29, 1.82) is 0 Å². The summed E-state index contributed by atoms with van der Waals surface area (Å²) >= 11 is 0. The molecule has 7 nitrogen and oxygen atoms in total. The monoisotopic (exact) mass is 372 g/mol. The second-order valence-corrected chi connectivity index (χ2v) is 6.87. The highest BCUT2D eigenvalue weighted by molar-refractivity contribution is 6.00. The number of anilines is 1. The van der Waals surface area contributed by atoms with Gasteiger partial charge in [-0.15, -0.1) is 0 Å². The zero-order chi connectivity index (χ0) is 19.4. The Morgan fingerprint density at radius 2 is 1.78 bits per heavy atom. The molecule has 7 heteroatoms. The van der Waals surface area contributed by atoms with Crippen LogP contribution in [-0.4, -0.2) is 54.1 Å². The van der Waals surface area contributed by atoms with E-state index in [0.717, 1.165) is 0 Å². The van der Waals surface area contributed by atoms with E-state index in [0.29, 0.717) is 56.0 Å². The maximum Gasteiger partial charge on any atom is 0.307 e. The Bertz CT molecular complexity index is 768. The van der Waals surface area contributed by atoms with Crippen LogP contribution in [0.4, 0.5) is 5.69 Å². The molecule has 1 saturated heterocycles. The molecular weight excluding hydrogens is 348 g/mol. The van der Waals surface area contributed by atoms with E-state index in [4.69, 9.17) is 4.74 Å². The van der Waals surface area contributed by atoms with Crippen LogP contribution in [-0.2, 0) is 14.3 Å². The summed E-state index contributed by atoms with van der Waals surface area (Å²) in [5.41, 5.74) is 1.76. The first kappa shape index (κ1) is 19.1. The Morgan fingerprint density at radius 1 is 1.11 bits per heavy atom. The van der Waals surface area contributed by atoms with Crippen LogP contribution in [0.2, 0.25) is 0 Å². The van der Waals surface area contributed by atoms with Crippen LogP contribution < -0.4 is 5.32 Å². The van der Waals surface area contributed by atoms with Gasteiger partial charge < -0.3 is 20.1 Å².